The molecule has 0 amide bonds. The molecule has 0 aliphatic carbocycles. The second kappa shape index (κ2) is 5.49. The lowest BCUT2D eigenvalue weighted by Crippen LogP contribution is -2.26. The minimum absolute atomic E-state index is 0.344. The molecule has 1 saturated heterocycles. The molecule has 1 unspecified atom stereocenters. The molecule has 2 heterocycles. The van der Waals surface area contributed by atoms with E-state index in [-0.39, 0.29) is 0 Å². The Balaban J connectivity index is 1.93. The summed E-state index contributed by atoms with van der Waals surface area (Å²) in [5.74, 6) is 1.36. The lowest BCUT2D eigenvalue weighted by molar-refractivity contribution is 0.263. The highest BCUT2D eigenvalue weighted by Gasteiger charge is 2.33. The Hall–Kier alpha value is -1.10. The maximum atomic E-state index is 5.72. The van der Waals surface area contributed by atoms with Crippen molar-refractivity contribution in [3.05, 3.63) is 5.89 Å². The first-order chi connectivity index (χ1) is 8.86. The zero-order valence-corrected chi connectivity index (χ0v) is 12.7. The zero-order chi connectivity index (χ0) is 14.0. The molecular weight excluding hydrogens is 240 g/mol. The van der Waals surface area contributed by atoms with E-state index in [0.29, 0.717) is 35.8 Å². The van der Waals surface area contributed by atoms with E-state index in [9.17, 15) is 0 Å². The molecule has 0 radical (unpaired) electrons. The Morgan fingerprint density at radius 3 is 2.68 bits per heavy atom. The van der Waals surface area contributed by atoms with E-state index in [4.69, 9.17) is 4.42 Å². The van der Waals surface area contributed by atoms with Crippen LogP contribution in [0.5, 0.6) is 0 Å². The molecular formula is C14H26N4O. The van der Waals surface area contributed by atoms with Gasteiger partial charge in [0, 0.05) is 19.1 Å². The SMILES string of the molecule is CC(C)NCc1nnc(N2CCC(C(C)(C)C)C2)o1. The van der Waals surface area contributed by atoms with E-state index in [2.05, 4.69) is 55.0 Å². The van der Waals surface area contributed by atoms with Gasteiger partial charge in [0.1, 0.15) is 0 Å². The van der Waals surface area contributed by atoms with E-state index in [1.165, 1.54) is 6.42 Å². The number of nitrogens with zero attached hydrogens (tertiary/aromatic N) is 3. The van der Waals surface area contributed by atoms with Crippen LogP contribution in [0.4, 0.5) is 6.01 Å². The highest BCUT2D eigenvalue weighted by molar-refractivity contribution is 5.26. The smallest absolute Gasteiger partial charge is 0.318 e. The third-order valence-electron chi connectivity index (χ3n) is 3.80. The van der Waals surface area contributed by atoms with Crippen LogP contribution in [0.1, 0.15) is 46.9 Å². The summed E-state index contributed by atoms with van der Waals surface area (Å²) in [7, 11) is 0. The molecule has 5 nitrogen and oxygen atoms in total. The highest BCUT2D eigenvalue weighted by Crippen LogP contribution is 2.35. The Kier molecular flexibility index (Phi) is 4.13. The molecule has 19 heavy (non-hydrogen) atoms. The van der Waals surface area contributed by atoms with Crippen molar-refractivity contribution in [3.8, 4) is 0 Å². The number of rotatable bonds is 4. The fourth-order valence-electron chi connectivity index (χ4n) is 2.38. The average molecular weight is 266 g/mol. The minimum Gasteiger partial charge on any atom is -0.407 e. The van der Waals surface area contributed by atoms with Gasteiger partial charge in [0.25, 0.3) is 0 Å². The van der Waals surface area contributed by atoms with Gasteiger partial charge in [-0.05, 0) is 17.8 Å². The van der Waals surface area contributed by atoms with Crippen molar-refractivity contribution in [2.75, 3.05) is 18.0 Å². The molecule has 1 N–H and O–H groups in total. The maximum absolute atomic E-state index is 5.72. The van der Waals surface area contributed by atoms with E-state index >= 15 is 0 Å². The first-order valence-corrected chi connectivity index (χ1v) is 7.17. The fraction of sp³-hybridized carbons (Fsp3) is 0.857. The average Bonchev–Trinajstić information content (AvgIpc) is 2.94. The summed E-state index contributed by atoms with van der Waals surface area (Å²) in [6.07, 6.45) is 1.20. The Bertz CT molecular complexity index is 408. The van der Waals surface area contributed by atoms with Crippen molar-refractivity contribution in [2.45, 2.75) is 53.6 Å². The van der Waals surface area contributed by atoms with E-state index in [1.54, 1.807) is 0 Å². The molecule has 1 aliphatic heterocycles. The zero-order valence-electron chi connectivity index (χ0n) is 12.7. The molecule has 1 aromatic rings. The molecule has 1 aliphatic rings. The molecule has 2 rings (SSSR count). The van der Waals surface area contributed by atoms with Crippen molar-refractivity contribution in [1.29, 1.82) is 0 Å². The van der Waals surface area contributed by atoms with Crippen molar-refractivity contribution >= 4 is 6.01 Å². The lowest BCUT2D eigenvalue weighted by Gasteiger charge is -2.26. The van der Waals surface area contributed by atoms with Crippen LogP contribution >= 0.6 is 0 Å². The first-order valence-electron chi connectivity index (χ1n) is 7.17. The van der Waals surface area contributed by atoms with Crippen LogP contribution in [-0.2, 0) is 6.54 Å². The topological polar surface area (TPSA) is 54.2 Å². The van der Waals surface area contributed by atoms with Gasteiger partial charge in [0.05, 0.1) is 6.54 Å². The number of nitrogens with one attached hydrogen (secondary N) is 1. The van der Waals surface area contributed by atoms with Crippen LogP contribution in [0, 0.1) is 11.3 Å². The summed E-state index contributed by atoms with van der Waals surface area (Å²) in [4.78, 5) is 2.21. The molecule has 1 atom stereocenters. The van der Waals surface area contributed by atoms with Crippen LogP contribution in [0.2, 0.25) is 0 Å². The summed E-state index contributed by atoms with van der Waals surface area (Å²) in [5, 5.41) is 11.5. The van der Waals surface area contributed by atoms with Gasteiger partial charge in [0.15, 0.2) is 0 Å². The van der Waals surface area contributed by atoms with Gasteiger partial charge in [-0.15, -0.1) is 5.10 Å². The standard InChI is InChI=1S/C14H26N4O/c1-10(2)15-8-12-16-17-13(19-12)18-7-6-11(9-18)14(3,4)5/h10-11,15H,6-9H2,1-5H3. The van der Waals surface area contributed by atoms with Crippen molar-refractivity contribution in [1.82, 2.24) is 15.5 Å². The summed E-state index contributed by atoms with van der Waals surface area (Å²) < 4.78 is 5.72. The van der Waals surface area contributed by atoms with Crippen LogP contribution in [-0.4, -0.2) is 29.3 Å². The van der Waals surface area contributed by atoms with Crippen LogP contribution in [0.3, 0.4) is 0 Å². The summed E-state index contributed by atoms with van der Waals surface area (Å²) in [6.45, 7) is 13.8. The van der Waals surface area contributed by atoms with Gasteiger partial charge < -0.3 is 14.6 Å². The predicted octanol–water partition coefficient (Wildman–Crippen LogP) is 2.44. The van der Waals surface area contributed by atoms with Crippen molar-refractivity contribution in [2.24, 2.45) is 11.3 Å². The van der Waals surface area contributed by atoms with Crippen LogP contribution < -0.4 is 10.2 Å². The van der Waals surface area contributed by atoms with E-state index < -0.39 is 0 Å². The van der Waals surface area contributed by atoms with Crippen molar-refractivity contribution in [3.63, 3.8) is 0 Å². The van der Waals surface area contributed by atoms with E-state index in [0.717, 1.165) is 13.1 Å². The van der Waals surface area contributed by atoms with Crippen LogP contribution in [0.15, 0.2) is 4.42 Å². The fourth-order valence-corrected chi connectivity index (χ4v) is 2.38. The monoisotopic (exact) mass is 266 g/mol. The molecule has 0 aromatic carbocycles. The Morgan fingerprint density at radius 1 is 1.37 bits per heavy atom. The van der Waals surface area contributed by atoms with Gasteiger partial charge >= 0.3 is 6.01 Å². The number of aromatic nitrogens is 2. The van der Waals surface area contributed by atoms with Gasteiger partial charge in [-0.25, -0.2) is 0 Å². The quantitative estimate of drug-likeness (QED) is 0.907. The summed E-state index contributed by atoms with van der Waals surface area (Å²) >= 11 is 0. The third kappa shape index (κ3) is 3.69. The minimum atomic E-state index is 0.344. The molecule has 5 heteroatoms. The van der Waals surface area contributed by atoms with Crippen molar-refractivity contribution < 1.29 is 4.42 Å². The molecule has 108 valence electrons. The van der Waals surface area contributed by atoms with Crippen LogP contribution in [0.25, 0.3) is 0 Å². The molecule has 1 fully saturated rings. The molecule has 0 saturated carbocycles. The third-order valence-corrected chi connectivity index (χ3v) is 3.80. The number of hydrogen-bond donors (Lipinski definition) is 1. The molecule has 1 aromatic heterocycles. The predicted molar refractivity (Wildman–Crippen MR) is 76.0 cm³/mol. The largest absolute Gasteiger partial charge is 0.407 e. The van der Waals surface area contributed by atoms with Gasteiger partial charge in [-0.3, -0.25) is 0 Å². The Morgan fingerprint density at radius 2 is 2.11 bits per heavy atom. The maximum Gasteiger partial charge on any atom is 0.318 e. The second-order valence-electron chi connectivity index (χ2n) is 6.81. The normalized spacial score (nSPS) is 20.5. The van der Waals surface area contributed by atoms with Gasteiger partial charge in [-0.1, -0.05) is 39.7 Å². The highest BCUT2D eigenvalue weighted by atomic mass is 16.4. The van der Waals surface area contributed by atoms with E-state index in [1.807, 2.05) is 0 Å². The Labute approximate surface area is 115 Å². The number of anilines is 1. The molecule has 0 spiro atoms. The molecule has 0 bridgehead atoms. The second-order valence-corrected chi connectivity index (χ2v) is 6.81. The van der Waals surface area contributed by atoms with Gasteiger partial charge in [0.2, 0.25) is 5.89 Å². The first kappa shape index (κ1) is 14.3. The van der Waals surface area contributed by atoms with Gasteiger partial charge in [-0.2, -0.15) is 0 Å². The lowest BCUT2D eigenvalue weighted by atomic mass is 9.80. The summed E-state index contributed by atoms with van der Waals surface area (Å²) in [6, 6.07) is 1.10. The summed E-state index contributed by atoms with van der Waals surface area (Å²) in [5.41, 5.74) is 0.344. The number of hydrogen-bond acceptors (Lipinski definition) is 5.